The van der Waals surface area contributed by atoms with Crippen LogP contribution in [0.4, 0.5) is 5.69 Å². The molecular formula is C18H14N6OS2. The van der Waals surface area contributed by atoms with E-state index in [4.69, 9.17) is 12.2 Å². The van der Waals surface area contributed by atoms with Crippen LogP contribution in [0.2, 0.25) is 0 Å². The zero-order valence-electron chi connectivity index (χ0n) is 14.2. The molecule has 0 spiro atoms. The molecule has 0 saturated heterocycles. The van der Waals surface area contributed by atoms with Crippen LogP contribution in [0.1, 0.15) is 15.9 Å². The molecule has 0 radical (unpaired) electrons. The number of amides is 1. The lowest BCUT2D eigenvalue weighted by Gasteiger charge is -2.10. The fraction of sp³-hybridized carbons (Fsp3) is 0.0556. The van der Waals surface area contributed by atoms with Gasteiger partial charge in [-0.15, -0.1) is 10.2 Å². The first-order chi connectivity index (χ1) is 13.1. The highest BCUT2D eigenvalue weighted by Gasteiger charge is 2.09. The molecule has 4 aromatic rings. The molecule has 2 aromatic heterocycles. The highest BCUT2D eigenvalue weighted by Crippen LogP contribution is 2.25. The molecule has 0 saturated carbocycles. The number of benzene rings is 2. The van der Waals surface area contributed by atoms with Crippen LogP contribution in [-0.2, 0) is 0 Å². The van der Waals surface area contributed by atoms with E-state index in [1.165, 1.54) is 11.3 Å². The Morgan fingerprint density at radius 3 is 2.56 bits per heavy atom. The van der Waals surface area contributed by atoms with Crippen LogP contribution < -0.4 is 10.6 Å². The van der Waals surface area contributed by atoms with Gasteiger partial charge in [0.25, 0.3) is 5.91 Å². The van der Waals surface area contributed by atoms with Crippen molar-refractivity contribution in [2.75, 3.05) is 5.32 Å². The van der Waals surface area contributed by atoms with Crippen molar-refractivity contribution in [3.63, 3.8) is 0 Å². The molecule has 27 heavy (non-hydrogen) atoms. The number of anilines is 1. The molecule has 2 N–H and O–H groups in total. The third-order valence-electron chi connectivity index (χ3n) is 3.82. The summed E-state index contributed by atoms with van der Waals surface area (Å²) in [5, 5.41) is 19.0. The summed E-state index contributed by atoms with van der Waals surface area (Å²) in [6.07, 6.45) is 1.57. The van der Waals surface area contributed by atoms with Crippen molar-refractivity contribution < 1.29 is 4.79 Å². The van der Waals surface area contributed by atoms with Gasteiger partial charge in [0.1, 0.15) is 11.3 Å². The molecule has 0 atom stereocenters. The van der Waals surface area contributed by atoms with Gasteiger partial charge in [-0.25, -0.2) is 0 Å². The summed E-state index contributed by atoms with van der Waals surface area (Å²) in [7, 11) is 0. The van der Waals surface area contributed by atoms with Crippen molar-refractivity contribution in [1.82, 2.24) is 25.1 Å². The number of carbonyl (C=O) groups excluding carboxylic acids is 1. The van der Waals surface area contributed by atoms with E-state index in [0.717, 1.165) is 26.8 Å². The quantitative estimate of drug-likeness (QED) is 0.519. The summed E-state index contributed by atoms with van der Waals surface area (Å²) in [6.45, 7) is 1.97. The third kappa shape index (κ3) is 3.83. The number of nitrogens with one attached hydrogen (secondary N) is 2. The summed E-state index contributed by atoms with van der Waals surface area (Å²) in [4.78, 5) is 12.9. The van der Waals surface area contributed by atoms with E-state index in [2.05, 4.69) is 25.9 Å². The standard InChI is InChI=1S/C18H14N6OS2/c1-11-2-4-12(5-3-11)15(25)21-17(26)20-14-8-6-13(7-9-14)16-23-24-10-19-22-18(24)27-16/h2-10H,1H3,(H2,20,21,25,26). The third-order valence-corrected chi connectivity index (χ3v) is 4.98. The zero-order chi connectivity index (χ0) is 18.8. The fourth-order valence-electron chi connectivity index (χ4n) is 2.42. The lowest BCUT2D eigenvalue weighted by Crippen LogP contribution is -2.34. The van der Waals surface area contributed by atoms with E-state index in [0.29, 0.717) is 5.56 Å². The van der Waals surface area contributed by atoms with Gasteiger partial charge in [-0.1, -0.05) is 29.0 Å². The first-order valence-electron chi connectivity index (χ1n) is 8.05. The maximum absolute atomic E-state index is 12.2. The number of nitrogens with zero attached hydrogens (tertiary/aromatic N) is 4. The largest absolute Gasteiger partial charge is 0.332 e. The van der Waals surface area contributed by atoms with E-state index >= 15 is 0 Å². The number of thiocarbonyl (C=S) groups is 1. The van der Waals surface area contributed by atoms with Crippen LogP contribution in [0.3, 0.4) is 0 Å². The first-order valence-corrected chi connectivity index (χ1v) is 9.27. The number of hydrogen-bond acceptors (Lipinski definition) is 6. The Hall–Kier alpha value is -3.17. The molecule has 9 heteroatoms. The molecule has 0 bridgehead atoms. The minimum atomic E-state index is -0.246. The number of carbonyl (C=O) groups is 1. The number of aromatic nitrogens is 4. The Balaban J connectivity index is 1.40. The van der Waals surface area contributed by atoms with Gasteiger partial charge >= 0.3 is 0 Å². The van der Waals surface area contributed by atoms with Gasteiger partial charge in [0.15, 0.2) is 5.11 Å². The summed E-state index contributed by atoms with van der Waals surface area (Å²) < 4.78 is 1.64. The fourth-order valence-corrected chi connectivity index (χ4v) is 3.45. The average Bonchev–Trinajstić information content (AvgIpc) is 3.25. The number of fused-ring (bicyclic) bond motifs is 1. The smallest absolute Gasteiger partial charge is 0.257 e. The minimum absolute atomic E-state index is 0.243. The summed E-state index contributed by atoms with van der Waals surface area (Å²) in [5.41, 5.74) is 3.39. The van der Waals surface area contributed by atoms with Crippen molar-refractivity contribution in [1.29, 1.82) is 0 Å². The number of aryl methyl sites for hydroxylation is 1. The van der Waals surface area contributed by atoms with Gasteiger partial charge in [-0.3, -0.25) is 10.1 Å². The molecule has 7 nitrogen and oxygen atoms in total. The van der Waals surface area contributed by atoms with Gasteiger partial charge in [-0.05, 0) is 55.5 Å². The highest BCUT2D eigenvalue weighted by molar-refractivity contribution is 7.80. The SMILES string of the molecule is Cc1ccc(C(=O)NC(=S)Nc2ccc(-c3nn4cnnc4s3)cc2)cc1. The van der Waals surface area contributed by atoms with E-state index in [9.17, 15) is 4.79 Å². The van der Waals surface area contributed by atoms with E-state index in [1.807, 2.05) is 43.3 Å². The van der Waals surface area contributed by atoms with Crippen LogP contribution in [0.25, 0.3) is 15.5 Å². The highest BCUT2D eigenvalue weighted by atomic mass is 32.1. The predicted molar refractivity (Wildman–Crippen MR) is 109 cm³/mol. The monoisotopic (exact) mass is 394 g/mol. The van der Waals surface area contributed by atoms with Crippen LogP contribution in [0, 0.1) is 6.92 Å². The lowest BCUT2D eigenvalue weighted by atomic mass is 10.1. The van der Waals surface area contributed by atoms with Gasteiger partial charge in [0.05, 0.1) is 0 Å². The van der Waals surface area contributed by atoms with Crippen molar-refractivity contribution in [3.05, 3.63) is 66.0 Å². The number of hydrogen-bond donors (Lipinski definition) is 2. The molecule has 134 valence electrons. The van der Waals surface area contributed by atoms with Gasteiger partial charge in [0.2, 0.25) is 4.96 Å². The molecule has 4 rings (SSSR count). The van der Waals surface area contributed by atoms with E-state index < -0.39 is 0 Å². The summed E-state index contributed by atoms with van der Waals surface area (Å²) >= 11 is 6.68. The molecule has 2 heterocycles. The maximum atomic E-state index is 12.2. The number of rotatable bonds is 3. The molecule has 2 aromatic carbocycles. The maximum Gasteiger partial charge on any atom is 0.257 e. The lowest BCUT2D eigenvalue weighted by molar-refractivity contribution is 0.0977. The molecular weight excluding hydrogens is 380 g/mol. The van der Waals surface area contributed by atoms with Crippen LogP contribution in [0.5, 0.6) is 0 Å². The normalized spacial score (nSPS) is 10.7. The Kier molecular flexibility index (Phi) is 4.61. The Morgan fingerprint density at radius 1 is 1.11 bits per heavy atom. The molecule has 1 amide bonds. The van der Waals surface area contributed by atoms with Crippen LogP contribution in [0.15, 0.2) is 54.9 Å². The predicted octanol–water partition coefficient (Wildman–Crippen LogP) is 3.29. The Bertz CT molecular complexity index is 1090. The van der Waals surface area contributed by atoms with Crippen LogP contribution in [-0.4, -0.2) is 30.8 Å². The first kappa shape index (κ1) is 17.3. The average molecular weight is 394 g/mol. The molecule has 0 fully saturated rings. The molecule has 0 aliphatic carbocycles. The molecule has 0 aliphatic rings. The van der Waals surface area contributed by atoms with Gasteiger partial charge in [0, 0.05) is 16.8 Å². The Morgan fingerprint density at radius 2 is 1.85 bits per heavy atom. The van der Waals surface area contributed by atoms with Gasteiger partial charge < -0.3 is 5.32 Å². The van der Waals surface area contributed by atoms with E-state index in [-0.39, 0.29) is 11.0 Å². The second kappa shape index (κ2) is 7.22. The second-order valence-electron chi connectivity index (χ2n) is 5.82. The van der Waals surface area contributed by atoms with Crippen LogP contribution >= 0.6 is 23.6 Å². The molecule has 0 aliphatic heterocycles. The summed E-state index contributed by atoms with van der Waals surface area (Å²) in [5.74, 6) is -0.246. The van der Waals surface area contributed by atoms with Crippen molar-refractivity contribution >= 4 is 45.2 Å². The second-order valence-corrected chi connectivity index (χ2v) is 7.18. The van der Waals surface area contributed by atoms with E-state index in [1.54, 1.807) is 23.0 Å². The van der Waals surface area contributed by atoms with Crippen molar-refractivity contribution in [2.45, 2.75) is 6.92 Å². The minimum Gasteiger partial charge on any atom is -0.332 e. The summed E-state index contributed by atoms with van der Waals surface area (Å²) in [6, 6.07) is 14.9. The van der Waals surface area contributed by atoms with Gasteiger partial charge in [-0.2, -0.15) is 9.61 Å². The topological polar surface area (TPSA) is 84.2 Å². The molecule has 0 unspecified atom stereocenters. The Labute approximate surface area is 164 Å². The van der Waals surface area contributed by atoms with Crippen molar-refractivity contribution in [3.8, 4) is 10.6 Å². The van der Waals surface area contributed by atoms with Crippen molar-refractivity contribution in [2.24, 2.45) is 0 Å². The zero-order valence-corrected chi connectivity index (χ0v) is 15.8.